The molecule has 78 valence electrons. The second-order valence-electron chi connectivity index (χ2n) is 4.22. The van der Waals surface area contributed by atoms with Crippen molar-refractivity contribution in [1.29, 1.82) is 0 Å². The second-order valence-corrected chi connectivity index (χ2v) is 4.22. The fraction of sp³-hybridized carbons (Fsp3) is 0.250. The largest absolute Gasteiger partial charge is 0.351 e. The van der Waals surface area contributed by atoms with Crippen molar-refractivity contribution >= 4 is 17.8 Å². The third kappa shape index (κ3) is 1.50. The van der Waals surface area contributed by atoms with Crippen molar-refractivity contribution < 1.29 is 4.79 Å². The smallest absolute Gasteiger partial charge is 0.320 e. The van der Waals surface area contributed by atoms with Crippen molar-refractivity contribution in [2.45, 2.75) is 19.4 Å². The summed E-state index contributed by atoms with van der Waals surface area (Å²) in [4.78, 5) is 13.1. The van der Waals surface area contributed by atoms with E-state index in [1.165, 1.54) is 0 Å². The average molecular weight is 202 g/mol. The standard InChI is InChI=1S/C12H14N2O/c1-12(2)8-7-9-5-3-4-6-10(9)14(12)11(13)15/h3-8H,1-2H3,(H2,13,15). The Hall–Kier alpha value is -1.77. The molecule has 0 fully saturated rings. The summed E-state index contributed by atoms with van der Waals surface area (Å²) in [5.74, 6) is 0. The van der Waals surface area contributed by atoms with E-state index in [4.69, 9.17) is 5.73 Å². The van der Waals surface area contributed by atoms with Gasteiger partial charge in [0.1, 0.15) is 0 Å². The number of benzene rings is 1. The van der Waals surface area contributed by atoms with E-state index >= 15 is 0 Å². The quantitative estimate of drug-likeness (QED) is 0.689. The summed E-state index contributed by atoms with van der Waals surface area (Å²) in [6.07, 6.45) is 4.01. The molecule has 3 heteroatoms. The van der Waals surface area contributed by atoms with Crippen LogP contribution in [0.3, 0.4) is 0 Å². The first-order chi connectivity index (χ1) is 7.02. The summed E-state index contributed by atoms with van der Waals surface area (Å²) in [6.45, 7) is 3.92. The first-order valence-electron chi connectivity index (χ1n) is 4.90. The highest BCUT2D eigenvalue weighted by Crippen LogP contribution is 2.33. The lowest BCUT2D eigenvalue weighted by molar-refractivity contribution is 0.250. The van der Waals surface area contributed by atoms with Gasteiger partial charge in [-0.05, 0) is 25.5 Å². The molecule has 0 aromatic heterocycles. The van der Waals surface area contributed by atoms with Crippen molar-refractivity contribution in [3.05, 3.63) is 35.9 Å². The minimum Gasteiger partial charge on any atom is -0.351 e. The van der Waals surface area contributed by atoms with Gasteiger partial charge in [-0.1, -0.05) is 30.4 Å². The van der Waals surface area contributed by atoms with Gasteiger partial charge in [0, 0.05) is 0 Å². The first-order valence-corrected chi connectivity index (χ1v) is 4.90. The molecule has 2 amide bonds. The molecule has 2 N–H and O–H groups in total. The molecule has 15 heavy (non-hydrogen) atoms. The lowest BCUT2D eigenvalue weighted by Gasteiger charge is -2.38. The van der Waals surface area contributed by atoms with Crippen LogP contribution < -0.4 is 10.6 Å². The van der Waals surface area contributed by atoms with Crippen LogP contribution in [0.25, 0.3) is 6.08 Å². The van der Waals surface area contributed by atoms with Gasteiger partial charge in [0.25, 0.3) is 0 Å². The number of carbonyl (C=O) groups is 1. The summed E-state index contributed by atoms with van der Waals surface area (Å²) in [5, 5.41) is 0. The zero-order chi connectivity index (χ0) is 11.1. The molecule has 0 unspecified atom stereocenters. The van der Waals surface area contributed by atoms with Crippen LogP contribution in [0.5, 0.6) is 0 Å². The van der Waals surface area contributed by atoms with Crippen molar-refractivity contribution in [1.82, 2.24) is 0 Å². The maximum absolute atomic E-state index is 11.4. The highest BCUT2D eigenvalue weighted by atomic mass is 16.2. The Kier molecular flexibility index (Phi) is 2.03. The molecular formula is C12H14N2O. The lowest BCUT2D eigenvalue weighted by atomic mass is 9.94. The van der Waals surface area contributed by atoms with E-state index in [0.29, 0.717) is 0 Å². The third-order valence-corrected chi connectivity index (χ3v) is 2.65. The van der Waals surface area contributed by atoms with Gasteiger partial charge in [0.05, 0.1) is 11.2 Å². The number of para-hydroxylation sites is 1. The molecule has 0 radical (unpaired) electrons. The number of nitrogens with zero attached hydrogens (tertiary/aromatic N) is 1. The number of anilines is 1. The van der Waals surface area contributed by atoms with Crippen molar-refractivity contribution in [3.8, 4) is 0 Å². The molecule has 0 saturated carbocycles. The molecule has 1 heterocycles. The van der Waals surface area contributed by atoms with Crippen molar-refractivity contribution in [2.24, 2.45) is 5.73 Å². The molecule has 0 saturated heterocycles. The minimum absolute atomic E-state index is 0.361. The van der Waals surface area contributed by atoms with Gasteiger partial charge in [-0.3, -0.25) is 4.90 Å². The van der Waals surface area contributed by atoms with Crippen LogP contribution in [-0.2, 0) is 0 Å². The predicted molar refractivity (Wildman–Crippen MR) is 61.6 cm³/mol. The van der Waals surface area contributed by atoms with Crippen LogP contribution in [0.1, 0.15) is 19.4 Å². The second kappa shape index (κ2) is 3.12. The highest BCUT2D eigenvalue weighted by Gasteiger charge is 2.32. The number of primary amides is 1. The van der Waals surface area contributed by atoms with Gasteiger partial charge >= 0.3 is 6.03 Å². The number of amides is 2. The Morgan fingerprint density at radius 2 is 2.00 bits per heavy atom. The van der Waals surface area contributed by atoms with Crippen LogP contribution in [0.2, 0.25) is 0 Å². The molecule has 0 atom stereocenters. The van der Waals surface area contributed by atoms with Crippen LogP contribution in [0.15, 0.2) is 30.3 Å². The molecule has 1 aliphatic heterocycles. The normalized spacial score (nSPS) is 17.3. The Morgan fingerprint density at radius 1 is 1.33 bits per heavy atom. The summed E-state index contributed by atoms with van der Waals surface area (Å²) < 4.78 is 0. The number of rotatable bonds is 0. The molecule has 0 aliphatic carbocycles. The summed E-state index contributed by atoms with van der Waals surface area (Å²) >= 11 is 0. The van der Waals surface area contributed by atoms with Gasteiger partial charge in [-0.2, -0.15) is 0 Å². The summed E-state index contributed by atoms with van der Waals surface area (Å²) in [5.41, 5.74) is 6.95. The topological polar surface area (TPSA) is 46.3 Å². The Labute approximate surface area is 89.2 Å². The van der Waals surface area contributed by atoms with E-state index in [1.54, 1.807) is 4.90 Å². The monoisotopic (exact) mass is 202 g/mol. The molecule has 1 aromatic rings. The third-order valence-electron chi connectivity index (χ3n) is 2.65. The van der Waals surface area contributed by atoms with Gasteiger partial charge in [0.2, 0.25) is 0 Å². The van der Waals surface area contributed by atoms with E-state index in [1.807, 2.05) is 50.3 Å². The van der Waals surface area contributed by atoms with Gasteiger partial charge in [-0.15, -0.1) is 0 Å². The van der Waals surface area contributed by atoms with E-state index in [-0.39, 0.29) is 5.54 Å². The fourth-order valence-corrected chi connectivity index (χ4v) is 1.91. The van der Waals surface area contributed by atoms with Crippen molar-refractivity contribution in [2.75, 3.05) is 4.90 Å². The fourth-order valence-electron chi connectivity index (χ4n) is 1.91. The molecular weight excluding hydrogens is 188 g/mol. The number of hydrogen-bond donors (Lipinski definition) is 1. The van der Waals surface area contributed by atoms with Crippen LogP contribution in [0.4, 0.5) is 10.5 Å². The number of nitrogens with two attached hydrogens (primary N) is 1. The Morgan fingerprint density at radius 3 is 2.67 bits per heavy atom. The minimum atomic E-state index is -0.420. The number of fused-ring (bicyclic) bond motifs is 1. The molecule has 0 bridgehead atoms. The van der Waals surface area contributed by atoms with Crippen molar-refractivity contribution in [3.63, 3.8) is 0 Å². The van der Waals surface area contributed by atoms with E-state index in [2.05, 4.69) is 0 Å². The van der Waals surface area contributed by atoms with Crippen LogP contribution in [-0.4, -0.2) is 11.6 Å². The Bertz CT molecular complexity index is 435. The zero-order valence-corrected chi connectivity index (χ0v) is 8.90. The maximum atomic E-state index is 11.4. The first kappa shape index (κ1) is 9.77. The SMILES string of the molecule is CC1(C)C=Cc2ccccc2N1C(N)=O. The van der Waals surface area contributed by atoms with Gasteiger partial charge < -0.3 is 5.73 Å². The molecule has 0 spiro atoms. The van der Waals surface area contributed by atoms with E-state index < -0.39 is 6.03 Å². The van der Waals surface area contributed by atoms with E-state index in [0.717, 1.165) is 11.3 Å². The highest BCUT2D eigenvalue weighted by molar-refractivity contribution is 5.96. The molecule has 1 aromatic carbocycles. The number of hydrogen-bond acceptors (Lipinski definition) is 1. The van der Waals surface area contributed by atoms with Gasteiger partial charge in [0.15, 0.2) is 0 Å². The molecule has 2 rings (SSSR count). The maximum Gasteiger partial charge on any atom is 0.320 e. The lowest BCUT2D eigenvalue weighted by Crippen LogP contribution is -2.50. The van der Waals surface area contributed by atoms with E-state index in [9.17, 15) is 4.79 Å². The van der Waals surface area contributed by atoms with Gasteiger partial charge in [-0.25, -0.2) is 4.79 Å². The number of urea groups is 1. The molecule has 3 nitrogen and oxygen atoms in total. The number of carbonyl (C=O) groups excluding carboxylic acids is 1. The summed E-state index contributed by atoms with van der Waals surface area (Å²) in [7, 11) is 0. The summed E-state index contributed by atoms with van der Waals surface area (Å²) in [6, 6.07) is 7.31. The van der Waals surface area contributed by atoms with Crippen LogP contribution >= 0.6 is 0 Å². The average Bonchev–Trinajstić information content (AvgIpc) is 2.15. The molecule has 1 aliphatic rings. The Balaban J connectivity index is 2.60. The van der Waals surface area contributed by atoms with Crippen LogP contribution in [0, 0.1) is 0 Å². The zero-order valence-electron chi connectivity index (χ0n) is 8.90. The predicted octanol–water partition coefficient (Wildman–Crippen LogP) is 2.38.